The molecular weight excluding hydrogens is 276 g/mol. The van der Waals surface area contributed by atoms with Crippen molar-refractivity contribution in [3.63, 3.8) is 0 Å². The maximum atomic E-state index is 12.4. The van der Waals surface area contributed by atoms with E-state index < -0.39 is 0 Å². The van der Waals surface area contributed by atoms with Gasteiger partial charge >= 0.3 is 0 Å². The Balaban J connectivity index is 1.36. The van der Waals surface area contributed by atoms with Crippen LogP contribution in [-0.2, 0) is 16.1 Å². The zero-order chi connectivity index (χ0) is 14.9. The molecular formula is C18H24N2O2. The highest BCUT2D eigenvalue weighted by molar-refractivity contribution is 5.80. The lowest BCUT2D eigenvalue weighted by molar-refractivity contribution is -0.129. The predicted molar refractivity (Wildman–Crippen MR) is 84.3 cm³/mol. The molecule has 2 bridgehead atoms. The number of ether oxygens (including phenoxy) is 1. The lowest BCUT2D eigenvalue weighted by Crippen LogP contribution is -2.47. The van der Waals surface area contributed by atoms with Gasteiger partial charge in [-0.25, -0.2) is 0 Å². The van der Waals surface area contributed by atoms with Crippen LogP contribution in [0, 0.1) is 5.92 Å². The van der Waals surface area contributed by atoms with Crippen molar-refractivity contribution in [2.24, 2.45) is 5.92 Å². The Morgan fingerprint density at radius 2 is 2.05 bits per heavy atom. The van der Waals surface area contributed by atoms with E-state index in [-0.39, 0.29) is 24.0 Å². The van der Waals surface area contributed by atoms with Gasteiger partial charge in [-0.1, -0.05) is 30.3 Å². The third-order valence-electron chi connectivity index (χ3n) is 5.27. The van der Waals surface area contributed by atoms with Gasteiger partial charge in [0.25, 0.3) is 0 Å². The van der Waals surface area contributed by atoms with Crippen molar-refractivity contribution in [1.82, 2.24) is 10.2 Å². The normalized spacial score (nSPS) is 31.7. The first-order valence-electron chi connectivity index (χ1n) is 8.50. The molecule has 0 unspecified atom stereocenters. The molecule has 0 spiro atoms. The molecule has 0 aromatic heterocycles. The highest BCUT2D eigenvalue weighted by Gasteiger charge is 2.45. The molecule has 2 aliphatic heterocycles. The van der Waals surface area contributed by atoms with E-state index in [2.05, 4.69) is 34.5 Å². The molecule has 3 atom stereocenters. The average Bonchev–Trinajstić information content (AvgIpc) is 2.79. The summed E-state index contributed by atoms with van der Waals surface area (Å²) in [5, 5.41) is 3.20. The highest BCUT2D eigenvalue weighted by atomic mass is 16.5. The molecule has 1 saturated carbocycles. The maximum absolute atomic E-state index is 12.4. The van der Waals surface area contributed by atoms with Crippen LogP contribution in [0.4, 0.5) is 0 Å². The molecule has 1 aromatic carbocycles. The van der Waals surface area contributed by atoms with Gasteiger partial charge in [0, 0.05) is 25.7 Å². The van der Waals surface area contributed by atoms with Crippen LogP contribution in [0.15, 0.2) is 30.3 Å². The SMILES string of the molecule is O=C(NC1CCC1)[C@H]1C[C@H]2CN(Cc3ccccc3)C[C@H]1O2. The molecule has 4 rings (SSSR count). The van der Waals surface area contributed by atoms with Crippen LogP contribution < -0.4 is 5.32 Å². The Bertz CT molecular complexity index is 529. The summed E-state index contributed by atoms with van der Waals surface area (Å²) in [5.41, 5.74) is 1.33. The van der Waals surface area contributed by atoms with E-state index >= 15 is 0 Å². The minimum Gasteiger partial charge on any atom is -0.371 e. The van der Waals surface area contributed by atoms with E-state index in [9.17, 15) is 4.79 Å². The second-order valence-corrected chi connectivity index (χ2v) is 6.95. The van der Waals surface area contributed by atoms with E-state index in [0.29, 0.717) is 6.04 Å². The molecule has 1 N–H and O–H groups in total. The van der Waals surface area contributed by atoms with Crippen LogP contribution >= 0.6 is 0 Å². The molecule has 2 saturated heterocycles. The lowest BCUT2D eigenvalue weighted by atomic mass is 9.91. The Morgan fingerprint density at radius 1 is 1.23 bits per heavy atom. The van der Waals surface area contributed by atoms with E-state index in [1.807, 2.05) is 6.07 Å². The number of morpholine rings is 1. The number of hydrogen-bond donors (Lipinski definition) is 1. The molecule has 1 aliphatic carbocycles. The summed E-state index contributed by atoms with van der Waals surface area (Å²) in [6.07, 6.45) is 4.72. The number of hydrogen-bond acceptors (Lipinski definition) is 3. The first-order chi connectivity index (χ1) is 10.8. The van der Waals surface area contributed by atoms with Crippen molar-refractivity contribution < 1.29 is 9.53 Å². The molecule has 0 radical (unpaired) electrons. The van der Waals surface area contributed by atoms with Crippen LogP contribution in [-0.4, -0.2) is 42.1 Å². The number of nitrogens with zero attached hydrogens (tertiary/aromatic N) is 1. The first-order valence-corrected chi connectivity index (χ1v) is 8.50. The highest BCUT2D eigenvalue weighted by Crippen LogP contribution is 2.33. The van der Waals surface area contributed by atoms with Crippen LogP contribution in [0.3, 0.4) is 0 Å². The Labute approximate surface area is 131 Å². The summed E-state index contributed by atoms with van der Waals surface area (Å²) in [6.45, 7) is 2.76. The van der Waals surface area contributed by atoms with Gasteiger partial charge in [0.05, 0.1) is 18.1 Å². The minimum absolute atomic E-state index is 0.0476. The fourth-order valence-corrected chi connectivity index (χ4v) is 3.84. The summed E-state index contributed by atoms with van der Waals surface area (Å²) in [6, 6.07) is 11.0. The monoisotopic (exact) mass is 300 g/mol. The zero-order valence-corrected chi connectivity index (χ0v) is 12.9. The molecule has 1 aromatic rings. The summed E-state index contributed by atoms with van der Waals surface area (Å²) in [5.74, 6) is 0.269. The summed E-state index contributed by atoms with van der Waals surface area (Å²) >= 11 is 0. The van der Waals surface area contributed by atoms with Crippen molar-refractivity contribution >= 4 is 5.91 Å². The van der Waals surface area contributed by atoms with Gasteiger partial charge in [-0.2, -0.15) is 0 Å². The van der Waals surface area contributed by atoms with Gasteiger partial charge in [-0.15, -0.1) is 0 Å². The Kier molecular flexibility index (Phi) is 3.89. The van der Waals surface area contributed by atoms with Crippen LogP contribution in [0.5, 0.6) is 0 Å². The standard InChI is InChI=1S/C18H24N2O2/c21-18(19-14-7-4-8-14)16-9-15-11-20(12-17(16)22-15)10-13-5-2-1-3-6-13/h1-3,5-6,14-17H,4,7-12H2,(H,19,21)/t15-,16-,17+/m0/s1. The average molecular weight is 300 g/mol. The van der Waals surface area contributed by atoms with Gasteiger partial charge in [0.1, 0.15) is 0 Å². The van der Waals surface area contributed by atoms with Crippen LogP contribution in [0.2, 0.25) is 0 Å². The number of benzene rings is 1. The number of fused-ring (bicyclic) bond motifs is 2. The topological polar surface area (TPSA) is 41.6 Å². The van der Waals surface area contributed by atoms with Crippen molar-refractivity contribution in [1.29, 1.82) is 0 Å². The second-order valence-electron chi connectivity index (χ2n) is 6.95. The third-order valence-corrected chi connectivity index (χ3v) is 5.27. The predicted octanol–water partition coefficient (Wildman–Crippen LogP) is 1.94. The molecule has 3 fully saturated rings. The Hall–Kier alpha value is -1.39. The third kappa shape index (κ3) is 2.90. The zero-order valence-electron chi connectivity index (χ0n) is 12.9. The van der Waals surface area contributed by atoms with Crippen LogP contribution in [0.25, 0.3) is 0 Å². The molecule has 2 heterocycles. The second kappa shape index (κ2) is 6.01. The smallest absolute Gasteiger partial charge is 0.226 e. The number of carbonyl (C=O) groups excluding carboxylic acids is 1. The fourth-order valence-electron chi connectivity index (χ4n) is 3.84. The fraction of sp³-hybridized carbons (Fsp3) is 0.611. The molecule has 22 heavy (non-hydrogen) atoms. The summed E-state index contributed by atoms with van der Waals surface area (Å²) in [4.78, 5) is 14.9. The van der Waals surface area contributed by atoms with Crippen molar-refractivity contribution in [3.8, 4) is 0 Å². The number of likely N-dealkylation sites (tertiary alicyclic amines) is 1. The van der Waals surface area contributed by atoms with E-state index in [1.165, 1.54) is 12.0 Å². The summed E-state index contributed by atoms with van der Waals surface area (Å²) in [7, 11) is 0. The first kappa shape index (κ1) is 14.2. The van der Waals surface area contributed by atoms with E-state index in [0.717, 1.165) is 38.9 Å². The van der Waals surface area contributed by atoms with Gasteiger partial charge in [0.15, 0.2) is 0 Å². The van der Waals surface area contributed by atoms with Gasteiger partial charge in [0.2, 0.25) is 5.91 Å². The minimum atomic E-state index is 0.0476. The lowest BCUT2D eigenvalue weighted by Gasteiger charge is -2.33. The quantitative estimate of drug-likeness (QED) is 0.924. The molecule has 4 heteroatoms. The summed E-state index contributed by atoms with van der Waals surface area (Å²) < 4.78 is 6.03. The number of nitrogens with one attached hydrogen (secondary N) is 1. The molecule has 118 valence electrons. The maximum Gasteiger partial charge on any atom is 0.226 e. The van der Waals surface area contributed by atoms with Crippen LogP contribution in [0.1, 0.15) is 31.2 Å². The largest absolute Gasteiger partial charge is 0.371 e. The van der Waals surface area contributed by atoms with E-state index in [4.69, 9.17) is 4.74 Å². The van der Waals surface area contributed by atoms with Crippen molar-refractivity contribution in [2.75, 3.05) is 13.1 Å². The number of carbonyl (C=O) groups is 1. The molecule has 3 aliphatic rings. The van der Waals surface area contributed by atoms with Gasteiger partial charge in [-0.3, -0.25) is 9.69 Å². The van der Waals surface area contributed by atoms with Crippen molar-refractivity contribution in [3.05, 3.63) is 35.9 Å². The molecule has 4 nitrogen and oxygen atoms in total. The van der Waals surface area contributed by atoms with Gasteiger partial charge in [-0.05, 0) is 31.2 Å². The molecule has 1 amide bonds. The van der Waals surface area contributed by atoms with E-state index in [1.54, 1.807) is 0 Å². The Morgan fingerprint density at radius 3 is 2.77 bits per heavy atom. The number of rotatable bonds is 4. The van der Waals surface area contributed by atoms with Gasteiger partial charge < -0.3 is 10.1 Å². The van der Waals surface area contributed by atoms with Crippen molar-refractivity contribution in [2.45, 2.75) is 50.5 Å². The number of amides is 1.